The number of aromatic amines is 1. The van der Waals surface area contributed by atoms with Crippen molar-refractivity contribution in [2.24, 2.45) is 0 Å². The van der Waals surface area contributed by atoms with Gasteiger partial charge in [0.15, 0.2) is 5.65 Å². The van der Waals surface area contributed by atoms with Gasteiger partial charge in [0.2, 0.25) is 16.0 Å². The number of rotatable bonds is 6. The molecular formula is C16H22N8O2S2. The summed E-state index contributed by atoms with van der Waals surface area (Å²) in [5, 5.41) is 15.7. The second-order valence-corrected chi connectivity index (χ2v) is 9.85. The number of H-pyrrole nitrogens is 1. The monoisotopic (exact) mass is 422 g/mol. The summed E-state index contributed by atoms with van der Waals surface area (Å²) < 4.78 is 26.6. The quantitative estimate of drug-likeness (QED) is 0.573. The van der Waals surface area contributed by atoms with E-state index in [1.54, 1.807) is 34.9 Å². The Hall–Kier alpha value is -2.18. The summed E-state index contributed by atoms with van der Waals surface area (Å²) in [5.74, 6) is 1.40. The maximum absolute atomic E-state index is 11.7. The van der Waals surface area contributed by atoms with E-state index in [9.17, 15) is 8.42 Å². The summed E-state index contributed by atoms with van der Waals surface area (Å²) in [5.41, 5.74) is 2.38. The fourth-order valence-corrected chi connectivity index (χ4v) is 4.97. The molecular weight excluding hydrogens is 400 g/mol. The van der Waals surface area contributed by atoms with Crippen LogP contribution in [0.4, 0.5) is 5.95 Å². The molecule has 3 aromatic heterocycles. The van der Waals surface area contributed by atoms with Gasteiger partial charge in [-0.1, -0.05) is 6.92 Å². The van der Waals surface area contributed by atoms with Crippen LogP contribution in [0, 0.1) is 0 Å². The Balaban J connectivity index is 1.57. The van der Waals surface area contributed by atoms with E-state index in [-0.39, 0.29) is 6.04 Å². The molecule has 1 saturated heterocycles. The Morgan fingerprint density at radius 1 is 1.32 bits per heavy atom. The maximum Gasteiger partial charge on any atom is 0.243 e. The lowest BCUT2D eigenvalue weighted by Crippen LogP contribution is -2.41. The molecule has 10 nitrogen and oxygen atoms in total. The van der Waals surface area contributed by atoms with E-state index < -0.39 is 10.0 Å². The molecule has 0 amide bonds. The average molecular weight is 423 g/mol. The van der Waals surface area contributed by atoms with E-state index in [1.165, 1.54) is 10.6 Å². The smallest absolute Gasteiger partial charge is 0.243 e. The summed E-state index contributed by atoms with van der Waals surface area (Å²) in [6, 6.07) is 0.138. The zero-order chi connectivity index (χ0) is 19.7. The number of hydrogen-bond donors (Lipinski definition) is 2. The summed E-state index contributed by atoms with van der Waals surface area (Å²) in [6.07, 6.45) is 7.93. The first-order chi connectivity index (χ1) is 13.5. The van der Waals surface area contributed by atoms with Gasteiger partial charge in [-0.15, -0.1) is 16.9 Å². The van der Waals surface area contributed by atoms with Crippen LogP contribution in [-0.2, 0) is 10.0 Å². The third-order valence-corrected chi connectivity index (χ3v) is 6.88. The molecule has 2 N–H and O–H groups in total. The van der Waals surface area contributed by atoms with Gasteiger partial charge < -0.3 is 5.32 Å². The summed E-state index contributed by atoms with van der Waals surface area (Å²) in [4.78, 5) is 9.11. The molecule has 3 aromatic rings. The predicted molar refractivity (Wildman–Crippen MR) is 108 cm³/mol. The summed E-state index contributed by atoms with van der Waals surface area (Å²) >= 11 is 1.65. The van der Waals surface area contributed by atoms with Crippen LogP contribution in [0.5, 0.6) is 0 Å². The van der Waals surface area contributed by atoms with Crippen LogP contribution in [0.25, 0.3) is 16.9 Å². The maximum atomic E-state index is 11.7. The Morgan fingerprint density at radius 3 is 2.75 bits per heavy atom. The second kappa shape index (κ2) is 7.68. The number of sulfonamides is 1. The summed E-state index contributed by atoms with van der Waals surface area (Å²) in [7, 11) is -3.13. The Kier molecular flexibility index (Phi) is 5.25. The fourth-order valence-electron chi connectivity index (χ4n) is 3.26. The lowest BCUT2D eigenvalue weighted by Gasteiger charge is -2.30. The standard InChI is InChI=1S/C16H22N8O2S2/c1-3-27-15-14(11-8-18-19-9-11)17-10-13-21-16(22-24(13)15)20-12-4-6-23(7-5-12)28(2,25)26/h8-10,12H,3-7H2,1-2H3,(H,18,19)(H,20,22). The zero-order valence-corrected chi connectivity index (χ0v) is 17.3. The van der Waals surface area contributed by atoms with Crippen molar-refractivity contribution in [2.75, 3.05) is 30.4 Å². The van der Waals surface area contributed by atoms with E-state index in [2.05, 4.69) is 37.5 Å². The molecule has 1 aliphatic rings. The third-order valence-electron chi connectivity index (χ3n) is 4.65. The van der Waals surface area contributed by atoms with Crippen molar-refractivity contribution in [3.8, 4) is 11.3 Å². The Bertz CT molecular complexity index is 1060. The van der Waals surface area contributed by atoms with Crippen LogP contribution in [0.15, 0.2) is 23.6 Å². The highest BCUT2D eigenvalue weighted by molar-refractivity contribution is 7.99. The van der Waals surface area contributed by atoms with Gasteiger partial charge in [0.05, 0.1) is 18.6 Å². The first-order valence-corrected chi connectivity index (χ1v) is 11.9. The minimum absolute atomic E-state index is 0.138. The van der Waals surface area contributed by atoms with Gasteiger partial charge in [-0.05, 0) is 18.6 Å². The number of anilines is 1. The molecule has 0 unspecified atom stereocenters. The molecule has 0 aromatic carbocycles. The Morgan fingerprint density at radius 2 is 2.11 bits per heavy atom. The molecule has 150 valence electrons. The molecule has 4 rings (SSSR count). The van der Waals surface area contributed by atoms with Crippen molar-refractivity contribution in [3.63, 3.8) is 0 Å². The Labute approximate surface area is 167 Å². The molecule has 28 heavy (non-hydrogen) atoms. The topological polar surface area (TPSA) is 121 Å². The first-order valence-electron chi connectivity index (χ1n) is 9.05. The van der Waals surface area contributed by atoms with Gasteiger partial charge >= 0.3 is 0 Å². The van der Waals surface area contributed by atoms with Crippen molar-refractivity contribution >= 4 is 33.4 Å². The molecule has 4 heterocycles. The van der Waals surface area contributed by atoms with Crippen molar-refractivity contribution in [2.45, 2.75) is 30.8 Å². The SMILES string of the molecule is CCSc1c(-c2cn[nH]c2)ncc2nc(NC3CCN(S(C)(=O)=O)CC3)nn12. The number of hydrogen-bond acceptors (Lipinski definition) is 8. The van der Waals surface area contributed by atoms with Crippen LogP contribution in [0.3, 0.4) is 0 Å². The van der Waals surface area contributed by atoms with Gasteiger partial charge in [0.25, 0.3) is 0 Å². The molecule has 0 saturated carbocycles. The molecule has 0 aliphatic carbocycles. The van der Waals surface area contributed by atoms with E-state index >= 15 is 0 Å². The first kappa shape index (κ1) is 19.2. The fraction of sp³-hybridized carbons (Fsp3) is 0.500. The van der Waals surface area contributed by atoms with Crippen molar-refractivity contribution < 1.29 is 8.42 Å². The molecule has 12 heteroatoms. The van der Waals surface area contributed by atoms with Crippen molar-refractivity contribution in [1.29, 1.82) is 0 Å². The minimum atomic E-state index is -3.13. The number of nitrogens with one attached hydrogen (secondary N) is 2. The van der Waals surface area contributed by atoms with Crippen LogP contribution in [0.1, 0.15) is 19.8 Å². The largest absolute Gasteiger partial charge is 0.350 e. The van der Waals surface area contributed by atoms with E-state index in [0.717, 1.165) is 34.9 Å². The van der Waals surface area contributed by atoms with Gasteiger partial charge in [-0.25, -0.2) is 22.2 Å². The minimum Gasteiger partial charge on any atom is -0.350 e. The second-order valence-electron chi connectivity index (χ2n) is 6.62. The van der Waals surface area contributed by atoms with Crippen LogP contribution in [0.2, 0.25) is 0 Å². The number of nitrogens with zero attached hydrogens (tertiary/aromatic N) is 6. The van der Waals surface area contributed by atoms with Crippen molar-refractivity contribution in [1.82, 2.24) is 34.1 Å². The number of fused-ring (bicyclic) bond motifs is 1. The van der Waals surface area contributed by atoms with E-state index in [4.69, 9.17) is 0 Å². The van der Waals surface area contributed by atoms with Gasteiger partial charge in [-0.2, -0.15) is 10.1 Å². The summed E-state index contributed by atoms with van der Waals surface area (Å²) in [6.45, 7) is 3.09. The van der Waals surface area contributed by atoms with Crippen LogP contribution < -0.4 is 5.32 Å². The highest BCUT2D eigenvalue weighted by Gasteiger charge is 2.25. The molecule has 1 fully saturated rings. The average Bonchev–Trinajstić information content (AvgIpc) is 3.31. The third kappa shape index (κ3) is 3.84. The zero-order valence-electron chi connectivity index (χ0n) is 15.7. The predicted octanol–water partition coefficient (Wildman–Crippen LogP) is 1.46. The van der Waals surface area contributed by atoms with Gasteiger partial charge in [-0.3, -0.25) is 5.10 Å². The molecule has 0 spiro atoms. The highest BCUT2D eigenvalue weighted by Crippen LogP contribution is 2.30. The van der Waals surface area contributed by atoms with Crippen LogP contribution in [-0.4, -0.2) is 73.6 Å². The molecule has 0 bridgehead atoms. The highest BCUT2D eigenvalue weighted by atomic mass is 32.2. The van der Waals surface area contributed by atoms with Crippen molar-refractivity contribution in [3.05, 3.63) is 18.6 Å². The molecule has 1 aliphatic heterocycles. The number of piperidine rings is 1. The molecule has 0 atom stereocenters. The lowest BCUT2D eigenvalue weighted by molar-refractivity contribution is 0.331. The van der Waals surface area contributed by atoms with Gasteiger partial charge in [0, 0.05) is 30.9 Å². The van der Waals surface area contributed by atoms with E-state index in [1.807, 2.05) is 0 Å². The molecule has 0 radical (unpaired) electrons. The normalized spacial score (nSPS) is 16.6. The van der Waals surface area contributed by atoms with E-state index in [0.29, 0.717) is 24.7 Å². The van der Waals surface area contributed by atoms with Crippen LogP contribution >= 0.6 is 11.8 Å². The lowest BCUT2D eigenvalue weighted by atomic mass is 10.1. The van der Waals surface area contributed by atoms with Gasteiger partial charge in [0.1, 0.15) is 10.7 Å². The number of thioether (sulfide) groups is 1. The number of aromatic nitrogens is 6.